The third kappa shape index (κ3) is 1.70. The molecule has 1 rings (SSSR count). The van der Waals surface area contributed by atoms with Crippen molar-refractivity contribution in [3.63, 3.8) is 0 Å². The van der Waals surface area contributed by atoms with E-state index >= 15 is 0 Å². The number of hydrogen-bond acceptors (Lipinski definition) is 2. The summed E-state index contributed by atoms with van der Waals surface area (Å²) >= 11 is 0. The van der Waals surface area contributed by atoms with Crippen LogP contribution < -0.4 is 11.1 Å². The summed E-state index contributed by atoms with van der Waals surface area (Å²) in [6, 6.07) is 5.39. The molecule has 0 bridgehead atoms. The molecule has 11 heavy (non-hydrogen) atoms. The van der Waals surface area contributed by atoms with E-state index in [2.05, 4.69) is 5.32 Å². The molecule has 0 radical (unpaired) electrons. The molecule has 1 amide bonds. The highest BCUT2D eigenvalue weighted by Gasteiger charge is 1.93. The Bertz CT molecular complexity index is 271. The van der Waals surface area contributed by atoms with Gasteiger partial charge in [0.05, 0.1) is 0 Å². The first-order valence-electron chi connectivity index (χ1n) is 3.30. The Hall–Kier alpha value is -1.51. The molecule has 0 saturated carbocycles. The zero-order valence-corrected chi connectivity index (χ0v) is 6.29. The van der Waals surface area contributed by atoms with Crippen LogP contribution in [0, 0.1) is 6.92 Å². The monoisotopic (exact) mass is 150 g/mol. The fourth-order valence-corrected chi connectivity index (χ4v) is 0.798. The van der Waals surface area contributed by atoms with Crippen molar-refractivity contribution in [2.24, 2.45) is 0 Å². The Morgan fingerprint density at radius 2 is 2.27 bits per heavy atom. The molecule has 0 heterocycles. The third-order valence-electron chi connectivity index (χ3n) is 1.50. The van der Waals surface area contributed by atoms with E-state index in [1.165, 1.54) is 0 Å². The molecule has 1 aromatic carbocycles. The van der Waals surface area contributed by atoms with Gasteiger partial charge >= 0.3 is 0 Å². The number of nitrogen functional groups attached to an aromatic ring is 1. The van der Waals surface area contributed by atoms with E-state index in [0.29, 0.717) is 12.1 Å². The van der Waals surface area contributed by atoms with Crippen molar-refractivity contribution in [1.82, 2.24) is 0 Å². The minimum atomic E-state index is 0.629. The quantitative estimate of drug-likeness (QED) is 0.490. The third-order valence-corrected chi connectivity index (χ3v) is 1.50. The molecule has 3 heteroatoms. The Labute approximate surface area is 65.2 Å². The van der Waals surface area contributed by atoms with Crippen molar-refractivity contribution < 1.29 is 4.79 Å². The molecule has 0 spiro atoms. The van der Waals surface area contributed by atoms with E-state index in [0.717, 1.165) is 11.3 Å². The molecule has 3 nitrogen and oxygen atoms in total. The first-order valence-corrected chi connectivity index (χ1v) is 3.30. The molecular formula is C8H10N2O. The lowest BCUT2D eigenvalue weighted by Gasteiger charge is -2.02. The van der Waals surface area contributed by atoms with Crippen molar-refractivity contribution in [2.45, 2.75) is 6.92 Å². The van der Waals surface area contributed by atoms with Crippen LogP contribution in [-0.4, -0.2) is 6.41 Å². The maximum atomic E-state index is 10.0. The lowest BCUT2D eigenvalue weighted by molar-refractivity contribution is -0.105. The minimum absolute atomic E-state index is 0.629. The number of rotatable bonds is 2. The molecule has 0 saturated heterocycles. The average Bonchev–Trinajstić information content (AvgIpc) is 1.98. The van der Waals surface area contributed by atoms with Crippen molar-refractivity contribution in [2.75, 3.05) is 11.1 Å². The van der Waals surface area contributed by atoms with Gasteiger partial charge in [-0.2, -0.15) is 0 Å². The summed E-state index contributed by atoms with van der Waals surface area (Å²) in [7, 11) is 0. The number of benzene rings is 1. The molecule has 0 aliphatic rings. The summed E-state index contributed by atoms with van der Waals surface area (Å²) in [4.78, 5) is 10.0. The highest BCUT2D eigenvalue weighted by Crippen LogP contribution is 2.15. The lowest BCUT2D eigenvalue weighted by atomic mass is 10.2. The van der Waals surface area contributed by atoms with E-state index in [-0.39, 0.29) is 0 Å². The van der Waals surface area contributed by atoms with Gasteiger partial charge in [0.2, 0.25) is 6.41 Å². The van der Waals surface area contributed by atoms with Gasteiger partial charge in [-0.15, -0.1) is 0 Å². The summed E-state index contributed by atoms with van der Waals surface area (Å²) in [5.41, 5.74) is 8.03. The van der Waals surface area contributed by atoms with Crippen LogP contribution in [-0.2, 0) is 4.79 Å². The van der Waals surface area contributed by atoms with E-state index in [4.69, 9.17) is 5.73 Å². The number of carbonyl (C=O) groups is 1. The van der Waals surface area contributed by atoms with Crippen molar-refractivity contribution in [3.8, 4) is 0 Å². The molecule has 0 unspecified atom stereocenters. The minimum Gasteiger partial charge on any atom is -0.398 e. The number of hydrogen-bond donors (Lipinski definition) is 2. The molecule has 0 aliphatic heterocycles. The van der Waals surface area contributed by atoms with Gasteiger partial charge in [0.15, 0.2) is 0 Å². The number of anilines is 2. The molecule has 58 valence electrons. The zero-order chi connectivity index (χ0) is 8.27. The maximum Gasteiger partial charge on any atom is 0.211 e. The van der Waals surface area contributed by atoms with E-state index < -0.39 is 0 Å². The van der Waals surface area contributed by atoms with E-state index in [1.54, 1.807) is 12.1 Å². The zero-order valence-electron chi connectivity index (χ0n) is 6.29. The predicted octanol–water partition coefficient (Wildman–Crippen LogP) is 1.15. The number of aryl methyl sites for hydroxylation is 1. The van der Waals surface area contributed by atoms with Gasteiger partial charge in [-0.1, -0.05) is 6.07 Å². The summed E-state index contributed by atoms with van der Waals surface area (Å²) in [6.07, 6.45) is 0.629. The second kappa shape index (κ2) is 3.05. The van der Waals surface area contributed by atoms with Crippen molar-refractivity contribution in [1.29, 1.82) is 0 Å². The SMILES string of the molecule is Cc1ccc(NC=O)cc1N. The highest BCUT2D eigenvalue weighted by atomic mass is 16.1. The standard InChI is InChI=1S/C8H10N2O/c1-6-2-3-7(10-5-11)4-8(6)9/h2-5H,9H2,1H3,(H,10,11). The number of nitrogens with one attached hydrogen (secondary N) is 1. The van der Waals surface area contributed by atoms with Crippen LogP contribution in [0.2, 0.25) is 0 Å². The first kappa shape index (κ1) is 7.60. The topological polar surface area (TPSA) is 55.1 Å². The van der Waals surface area contributed by atoms with Crippen LogP contribution >= 0.6 is 0 Å². The van der Waals surface area contributed by atoms with Gasteiger partial charge in [-0.25, -0.2) is 0 Å². The molecule has 0 atom stereocenters. The molecule has 3 N–H and O–H groups in total. The van der Waals surface area contributed by atoms with Crippen LogP contribution in [0.15, 0.2) is 18.2 Å². The van der Waals surface area contributed by atoms with E-state index in [9.17, 15) is 4.79 Å². The molecular weight excluding hydrogens is 140 g/mol. The lowest BCUT2D eigenvalue weighted by Crippen LogP contribution is -1.96. The molecule has 1 aromatic rings. The Balaban J connectivity index is 2.95. The van der Waals surface area contributed by atoms with Gasteiger partial charge in [-0.05, 0) is 24.6 Å². The second-order valence-electron chi connectivity index (χ2n) is 2.33. The van der Waals surface area contributed by atoms with Crippen molar-refractivity contribution in [3.05, 3.63) is 23.8 Å². The summed E-state index contributed by atoms with van der Waals surface area (Å²) in [5.74, 6) is 0. The van der Waals surface area contributed by atoms with Gasteiger partial charge in [0, 0.05) is 11.4 Å². The Kier molecular flexibility index (Phi) is 2.11. The highest BCUT2D eigenvalue weighted by molar-refractivity contribution is 5.73. The van der Waals surface area contributed by atoms with Gasteiger partial charge in [0.25, 0.3) is 0 Å². The molecule has 0 fully saturated rings. The fourth-order valence-electron chi connectivity index (χ4n) is 0.798. The average molecular weight is 150 g/mol. The van der Waals surface area contributed by atoms with Crippen LogP contribution in [0.4, 0.5) is 11.4 Å². The fraction of sp³-hybridized carbons (Fsp3) is 0.125. The summed E-state index contributed by atoms with van der Waals surface area (Å²) < 4.78 is 0. The Morgan fingerprint density at radius 3 is 2.82 bits per heavy atom. The smallest absolute Gasteiger partial charge is 0.211 e. The van der Waals surface area contributed by atoms with Crippen LogP contribution in [0.1, 0.15) is 5.56 Å². The maximum absolute atomic E-state index is 10.0. The number of nitrogens with two attached hydrogens (primary N) is 1. The van der Waals surface area contributed by atoms with Crippen LogP contribution in [0.25, 0.3) is 0 Å². The predicted molar refractivity (Wildman–Crippen MR) is 45.3 cm³/mol. The Morgan fingerprint density at radius 1 is 1.55 bits per heavy atom. The first-order chi connectivity index (χ1) is 5.24. The molecule has 0 aliphatic carbocycles. The van der Waals surface area contributed by atoms with Gasteiger partial charge < -0.3 is 11.1 Å². The molecule has 0 aromatic heterocycles. The summed E-state index contributed by atoms with van der Waals surface area (Å²) in [5, 5.41) is 2.52. The van der Waals surface area contributed by atoms with Gasteiger partial charge in [-0.3, -0.25) is 4.79 Å². The number of carbonyl (C=O) groups excluding carboxylic acids is 1. The van der Waals surface area contributed by atoms with Crippen molar-refractivity contribution >= 4 is 17.8 Å². The normalized spacial score (nSPS) is 9.18. The van der Waals surface area contributed by atoms with E-state index in [1.807, 2.05) is 13.0 Å². The number of amides is 1. The second-order valence-corrected chi connectivity index (χ2v) is 2.33. The largest absolute Gasteiger partial charge is 0.398 e. The van der Waals surface area contributed by atoms with Crippen LogP contribution in [0.5, 0.6) is 0 Å². The van der Waals surface area contributed by atoms with Gasteiger partial charge in [0.1, 0.15) is 0 Å². The summed E-state index contributed by atoms with van der Waals surface area (Å²) in [6.45, 7) is 1.92. The van der Waals surface area contributed by atoms with Crippen LogP contribution in [0.3, 0.4) is 0 Å².